The number of nitrogens with two attached hydrogens (primary N) is 1. The van der Waals surface area contributed by atoms with Crippen LogP contribution in [0.15, 0.2) is 0 Å². The summed E-state index contributed by atoms with van der Waals surface area (Å²) in [5.41, 5.74) is 0. The summed E-state index contributed by atoms with van der Waals surface area (Å²) >= 11 is 0. The van der Waals surface area contributed by atoms with Crippen molar-refractivity contribution in [2.24, 2.45) is 5.14 Å². The van der Waals surface area contributed by atoms with Crippen molar-refractivity contribution in [1.82, 2.24) is 4.72 Å². The van der Waals surface area contributed by atoms with E-state index >= 15 is 0 Å². The van der Waals surface area contributed by atoms with Crippen molar-refractivity contribution in [3.05, 3.63) is 0 Å². The second-order valence-corrected chi connectivity index (χ2v) is 5.53. The maximum Gasteiger partial charge on any atom is 0.235 e. The van der Waals surface area contributed by atoms with Crippen LogP contribution in [-0.2, 0) is 10.3 Å². The summed E-state index contributed by atoms with van der Waals surface area (Å²) in [6.07, 6.45) is 1.22. The molecule has 1 saturated heterocycles. The third-order valence-electron chi connectivity index (χ3n) is 1.49. The van der Waals surface area contributed by atoms with Gasteiger partial charge in [0.25, 0.3) is 0 Å². The van der Waals surface area contributed by atoms with E-state index in [1.807, 2.05) is 10.8 Å². The minimum atomic E-state index is -0.0662. The summed E-state index contributed by atoms with van der Waals surface area (Å²) in [6.45, 7) is 4.40. The lowest BCUT2D eigenvalue weighted by Crippen LogP contribution is -2.30. The van der Waals surface area contributed by atoms with E-state index in [1.165, 1.54) is 6.42 Å². The predicted octanol–water partition coefficient (Wildman–Crippen LogP) is 0.812. The maximum atomic E-state index is 5.67. The Kier molecular flexibility index (Phi) is 2.70. The van der Waals surface area contributed by atoms with E-state index in [9.17, 15) is 0 Å². The molecule has 0 amide bonds. The molecule has 0 radical (unpaired) electrons. The van der Waals surface area contributed by atoms with Gasteiger partial charge in [-0.3, -0.25) is 0 Å². The average Bonchev–Trinajstić information content (AvgIpc) is 2.10. The van der Waals surface area contributed by atoms with E-state index in [0.29, 0.717) is 6.04 Å². The Morgan fingerprint density at radius 2 is 2.44 bits per heavy atom. The molecule has 1 rings (SSSR count). The summed E-state index contributed by atoms with van der Waals surface area (Å²) in [7, 11) is 1.80. The maximum absolute atomic E-state index is 5.67. The minimum Gasteiger partial charge on any atom is -0.121 e. The van der Waals surface area contributed by atoms with Crippen molar-refractivity contribution in [3.8, 4) is 0 Å². The topological polar surface area (TPSA) is 38.0 Å². The molecule has 1 fully saturated rings. The third kappa shape index (κ3) is 1.77. The van der Waals surface area contributed by atoms with Gasteiger partial charge < -0.3 is 0 Å². The number of hydrogen-bond acceptors (Lipinski definition) is 3. The van der Waals surface area contributed by atoms with Gasteiger partial charge in [0.15, 0.2) is 0 Å². The van der Waals surface area contributed by atoms with Crippen molar-refractivity contribution < 1.29 is 0 Å². The normalized spacial score (nSPS) is 43.7. The molecule has 1 aliphatic rings. The van der Waals surface area contributed by atoms with Gasteiger partial charge in [-0.1, -0.05) is 6.92 Å². The Balaban J connectivity index is 2.38. The summed E-state index contributed by atoms with van der Waals surface area (Å²) in [6, 6.07) is 0.605. The zero-order valence-corrected chi connectivity index (χ0v) is 7.39. The molecule has 0 saturated carbocycles. The number of nitrogens with one attached hydrogen (secondary N) is 1. The van der Waals surface area contributed by atoms with Crippen molar-refractivity contribution in [3.63, 3.8) is 0 Å². The zero-order chi connectivity index (χ0) is 6.85. The number of rotatable bonds is 1. The van der Waals surface area contributed by atoms with Crippen molar-refractivity contribution in [1.29, 1.82) is 0 Å². The van der Waals surface area contributed by atoms with Crippen molar-refractivity contribution >= 4 is 21.1 Å². The molecule has 3 N–H and O–H groups in total. The molecule has 1 heterocycles. The van der Waals surface area contributed by atoms with Gasteiger partial charge in [-0.2, -0.15) is 0 Å². The van der Waals surface area contributed by atoms with Crippen molar-refractivity contribution in [2.75, 3.05) is 0 Å². The molecule has 9 heavy (non-hydrogen) atoms. The Bertz CT molecular complexity index is 99.0. The van der Waals surface area contributed by atoms with Crippen LogP contribution in [0.25, 0.3) is 0 Å². The standard InChI is InChI=1S/C5H12N2S2/c1-3-5-4(2)7-9(6)8-5/h4-5H,3H2,1-2H3,(H2,6,7)/p+1/t4-,5-,9?/m1/s1. The van der Waals surface area contributed by atoms with Gasteiger partial charge in [-0.25, -0.2) is 0 Å². The Labute approximate surface area is 63.0 Å². The fourth-order valence-corrected chi connectivity index (χ4v) is 4.56. The van der Waals surface area contributed by atoms with Gasteiger partial charge >= 0.3 is 0 Å². The Morgan fingerprint density at radius 1 is 1.78 bits per heavy atom. The van der Waals surface area contributed by atoms with E-state index in [1.54, 1.807) is 0 Å². The molecule has 0 aliphatic carbocycles. The van der Waals surface area contributed by atoms with Crippen LogP contribution in [-0.4, -0.2) is 11.3 Å². The van der Waals surface area contributed by atoms with Crippen LogP contribution < -0.4 is 9.86 Å². The quantitative estimate of drug-likeness (QED) is 0.446. The first kappa shape index (κ1) is 7.72. The lowest BCUT2D eigenvalue weighted by Gasteiger charge is -2.02. The molecule has 3 atom stereocenters. The summed E-state index contributed by atoms with van der Waals surface area (Å²) < 4.78 is 3.29. The minimum absolute atomic E-state index is 0.0662. The second kappa shape index (κ2) is 3.14. The van der Waals surface area contributed by atoms with E-state index in [4.69, 9.17) is 5.14 Å². The largest absolute Gasteiger partial charge is 0.235 e. The smallest absolute Gasteiger partial charge is 0.121 e. The fourth-order valence-electron chi connectivity index (χ4n) is 0.925. The zero-order valence-electron chi connectivity index (χ0n) is 5.76. The SMILES string of the molecule is CC[C@H]1S[S+](N)N[C@@H]1C. The highest BCUT2D eigenvalue weighted by atomic mass is 33.1. The van der Waals surface area contributed by atoms with E-state index in [2.05, 4.69) is 18.6 Å². The molecule has 0 bridgehead atoms. The summed E-state index contributed by atoms with van der Waals surface area (Å²) in [5.74, 6) is 0. The highest BCUT2D eigenvalue weighted by Crippen LogP contribution is 2.29. The molecular formula is C5H13N2S2+. The van der Waals surface area contributed by atoms with E-state index in [-0.39, 0.29) is 10.3 Å². The van der Waals surface area contributed by atoms with Crippen LogP contribution in [0.3, 0.4) is 0 Å². The molecule has 0 aromatic carbocycles. The van der Waals surface area contributed by atoms with E-state index in [0.717, 1.165) is 5.25 Å². The number of hydrogen-bond donors (Lipinski definition) is 2. The van der Waals surface area contributed by atoms with Crippen LogP contribution in [0.4, 0.5) is 0 Å². The van der Waals surface area contributed by atoms with E-state index < -0.39 is 0 Å². The highest BCUT2D eigenvalue weighted by molar-refractivity contribution is 8.73. The third-order valence-corrected chi connectivity index (χ3v) is 4.94. The van der Waals surface area contributed by atoms with Gasteiger partial charge in [0.1, 0.15) is 10.8 Å². The van der Waals surface area contributed by atoms with Gasteiger partial charge in [0, 0.05) is 0 Å². The molecule has 0 aromatic heterocycles. The lowest BCUT2D eigenvalue weighted by atomic mass is 10.2. The molecule has 1 unspecified atom stereocenters. The lowest BCUT2D eigenvalue weighted by molar-refractivity contribution is 0.645. The summed E-state index contributed by atoms with van der Waals surface area (Å²) in [5, 5.41) is 6.41. The fraction of sp³-hybridized carbons (Fsp3) is 1.00. The average molecular weight is 165 g/mol. The van der Waals surface area contributed by atoms with Gasteiger partial charge in [0.2, 0.25) is 10.3 Å². The second-order valence-electron chi connectivity index (χ2n) is 2.25. The Morgan fingerprint density at radius 3 is 2.67 bits per heavy atom. The molecule has 0 aromatic rings. The van der Waals surface area contributed by atoms with Gasteiger partial charge in [0.05, 0.1) is 11.3 Å². The highest BCUT2D eigenvalue weighted by Gasteiger charge is 2.38. The van der Waals surface area contributed by atoms with Gasteiger partial charge in [-0.15, -0.1) is 9.86 Å². The first-order chi connectivity index (χ1) is 4.24. The molecular weight excluding hydrogens is 152 g/mol. The van der Waals surface area contributed by atoms with Crippen LogP contribution in [0.2, 0.25) is 0 Å². The monoisotopic (exact) mass is 165 g/mol. The molecule has 2 nitrogen and oxygen atoms in total. The van der Waals surface area contributed by atoms with Crippen molar-refractivity contribution in [2.45, 2.75) is 31.6 Å². The molecule has 1 aliphatic heterocycles. The van der Waals surface area contributed by atoms with Crippen LogP contribution in [0.1, 0.15) is 20.3 Å². The molecule has 54 valence electrons. The molecule has 0 spiro atoms. The van der Waals surface area contributed by atoms with Crippen LogP contribution in [0.5, 0.6) is 0 Å². The Hall–Kier alpha value is 0.620. The molecule has 4 heteroatoms. The van der Waals surface area contributed by atoms with Gasteiger partial charge in [-0.05, 0) is 13.3 Å². The predicted molar refractivity (Wildman–Crippen MR) is 45.8 cm³/mol. The van der Waals surface area contributed by atoms with Crippen LogP contribution >= 0.6 is 10.8 Å². The first-order valence-electron chi connectivity index (χ1n) is 3.16. The summed E-state index contributed by atoms with van der Waals surface area (Å²) in [4.78, 5) is 0. The first-order valence-corrected chi connectivity index (χ1v) is 5.84. The van der Waals surface area contributed by atoms with Crippen LogP contribution in [0, 0.1) is 0 Å².